The van der Waals surface area contributed by atoms with Crippen LogP contribution in [0.1, 0.15) is 21.3 Å². The molecule has 0 aromatic heterocycles. The first kappa shape index (κ1) is 16.1. The lowest BCUT2D eigenvalue weighted by molar-refractivity contribution is -0.115. The molecule has 1 aliphatic heterocycles. The second kappa shape index (κ2) is 6.76. The summed E-state index contributed by atoms with van der Waals surface area (Å²) in [6, 6.07) is 14.9. The molecule has 0 N–H and O–H groups in total. The van der Waals surface area contributed by atoms with Gasteiger partial charge in [-0.05, 0) is 42.0 Å². The van der Waals surface area contributed by atoms with Gasteiger partial charge in [-0.25, -0.2) is 4.79 Å². The van der Waals surface area contributed by atoms with Gasteiger partial charge in [-0.15, -0.1) is 11.8 Å². The van der Waals surface area contributed by atoms with E-state index in [2.05, 4.69) is 15.9 Å². The number of amides is 1. The number of thioether (sulfide) groups is 1. The van der Waals surface area contributed by atoms with E-state index in [1.54, 1.807) is 40.9 Å². The first-order chi connectivity index (χ1) is 11.1. The molecule has 1 amide bonds. The third-order valence-electron chi connectivity index (χ3n) is 3.57. The normalized spacial score (nSPS) is 17.4. The molecule has 4 nitrogen and oxygen atoms in total. The number of halogens is 1. The van der Waals surface area contributed by atoms with Gasteiger partial charge in [0.2, 0.25) is 5.91 Å². The summed E-state index contributed by atoms with van der Waals surface area (Å²) in [7, 11) is 1.35. The monoisotopic (exact) mass is 391 g/mol. The highest BCUT2D eigenvalue weighted by Crippen LogP contribution is 2.42. The van der Waals surface area contributed by atoms with Crippen molar-refractivity contribution in [2.24, 2.45) is 0 Å². The fourth-order valence-corrected chi connectivity index (χ4v) is 4.07. The molecule has 0 unspecified atom stereocenters. The zero-order valence-corrected chi connectivity index (χ0v) is 14.8. The molecule has 0 spiro atoms. The maximum Gasteiger partial charge on any atom is 0.337 e. The lowest BCUT2D eigenvalue weighted by atomic mass is 10.1. The summed E-state index contributed by atoms with van der Waals surface area (Å²) in [6.45, 7) is 0. The van der Waals surface area contributed by atoms with E-state index in [0.717, 1.165) is 15.7 Å². The van der Waals surface area contributed by atoms with Crippen LogP contribution in [0.3, 0.4) is 0 Å². The predicted molar refractivity (Wildman–Crippen MR) is 94.6 cm³/mol. The number of rotatable bonds is 3. The maximum atomic E-state index is 12.3. The molecular formula is C17H14BrNO3S. The minimum Gasteiger partial charge on any atom is -0.465 e. The van der Waals surface area contributed by atoms with Crippen molar-refractivity contribution < 1.29 is 14.3 Å². The van der Waals surface area contributed by atoms with Crippen molar-refractivity contribution in [3.63, 3.8) is 0 Å². The summed E-state index contributed by atoms with van der Waals surface area (Å²) in [6.07, 6.45) is 0. The molecule has 23 heavy (non-hydrogen) atoms. The van der Waals surface area contributed by atoms with Crippen molar-refractivity contribution in [1.29, 1.82) is 0 Å². The second-order valence-electron chi connectivity index (χ2n) is 5.02. The smallest absolute Gasteiger partial charge is 0.337 e. The standard InChI is InChI=1S/C17H14BrNO3S/c1-22-17(21)11-5-7-14(8-6-11)19-15(20)10-23-16(19)12-3-2-4-13(18)9-12/h2-9,16H,10H2,1H3/t16-/m0/s1. The third-order valence-corrected chi connectivity index (χ3v) is 5.27. The minimum atomic E-state index is -0.387. The van der Waals surface area contributed by atoms with E-state index in [4.69, 9.17) is 4.74 Å². The van der Waals surface area contributed by atoms with Crippen LogP contribution in [-0.2, 0) is 9.53 Å². The molecule has 2 aromatic rings. The van der Waals surface area contributed by atoms with Crippen LogP contribution in [0.4, 0.5) is 5.69 Å². The van der Waals surface area contributed by atoms with Crippen LogP contribution < -0.4 is 4.90 Å². The summed E-state index contributed by atoms with van der Waals surface area (Å²) in [5.74, 6) is 0.114. The Kier molecular flexibility index (Phi) is 4.73. The van der Waals surface area contributed by atoms with Crippen molar-refractivity contribution in [2.75, 3.05) is 17.8 Å². The van der Waals surface area contributed by atoms with Gasteiger partial charge in [0.05, 0.1) is 18.4 Å². The van der Waals surface area contributed by atoms with Gasteiger partial charge in [-0.3, -0.25) is 9.69 Å². The van der Waals surface area contributed by atoms with E-state index in [-0.39, 0.29) is 17.3 Å². The number of anilines is 1. The quantitative estimate of drug-likeness (QED) is 0.741. The Labute approximate surface area is 146 Å². The average molecular weight is 392 g/mol. The third kappa shape index (κ3) is 3.28. The first-order valence-electron chi connectivity index (χ1n) is 6.97. The molecule has 1 heterocycles. The van der Waals surface area contributed by atoms with Gasteiger partial charge in [0.15, 0.2) is 0 Å². The number of ether oxygens (including phenoxy) is 1. The Balaban J connectivity index is 1.92. The highest BCUT2D eigenvalue weighted by Gasteiger charge is 2.34. The fourth-order valence-electron chi connectivity index (χ4n) is 2.49. The molecule has 1 fully saturated rings. The van der Waals surface area contributed by atoms with Crippen molar-refractivity contribution in [1.82, 2.24) is 0 Å². The number of esters is 1. The molecule has 118 valence electrons. The minimum absolute atomic E-state index is 0.0609. The Hall–Kier alpha value is -1.79. The van der Waals surface area contributed by atoms with Gasteiger partial charge in [0.25, 0.3) is 0 Å². The number of carbonyl (C=O) groups is 2. The summed E-state index contributed by atoms with van der Waals surface area (Å²) in [4.78, 5) is 25.6. The summed E-state index contributed by atoms with van der Waals surface area (Å²) < 4.78 is 5.68. The SMILES string of the molecule is COC(=O)c1ccc(N2C(=O)CS[C@H]2c2cccc(Br)c2)cc1. The van der Waals surface area contributed by atoms with Crippen LogP contribution in [-0.4, -0.2) is 24.7 Å². The van der Waals surface area contributed by atoms with Gasteiger partial charge in [0, 0.05) is 10.2 Å². The molecule has 1 aliphatic rings. The Bertz CT molecular complexity index is 748. The number of hydrogen-bond acceptors (Lipinski definition) is 4. The van der Waals surface area contributed by atoms with Crippen LogP contribution in [0.5, 0.6) is 0 Å². The highest BCUT2D eigenvalue weighted by molar-refractivity contribution is 9.10. The summed E-state index contributed by atoms with van der Waals surface area (Å²) in [5.41, 5.74) is 2.31. The van der Waals surface area contributed by atoms with Gasteiger partial charge in [-0.1, -0.05) is 28.1 Å². The molecule has 0 aliphatic carbocycles. The van der Waals surface area contributed by atoms with Crippen molar-refractivity contribution in [2.45, 2.75) is 5.37 Å². The molecule has 3 rings (SSSR count). The summed E-state index contributed by atoms with van der Waals surface area (Å²) in [5, 5.41) is -0.0658. The van der Waals surface area contributed by atoms with Crippen LogP contribution in [0, 0.1) is 0 Å². The Morgan fingerprint density at radius 3 is 2.65 bits per heavy atom. The van der Waals surface area contributed by atoms with Crippen LogP contribution in [0.25, 0.3) is 0 Å². The van der Waals surface area contributed by atoms with Gasteiger partial charge >= 0.3 is 5.97 Å². The lowest BCUT2D eigenvalue weighted by Crippen LogP contribution is -2.27. The molecule has 6 heteroatoms. The number of benzene rings is 2. The highest BCUT2D eigenvalue weighted by atomic mass is 79.9. The van der Waals surface area contributed by atoms with Crippen LogP contribution in [0.2, 0.25) is 0 Å². The molecule has 0 bridgehead atoms. The Morgan fingerprint density at radius 2 is 2.00 bits per heavy atom. The van der Waals surface area contributed by atoms with E-state index < -0.39 is 0 Å². The number of hydrogen-bond donors (Lipinski definition) is 0. The molecule has 0 radical (unpaired) electrons. The topological polar surface area (TPSA) is 46.6 Å². The van der Waals surface area contributed by atoms with E-state index >= 15 is 0 Å². The van der Waals surface area contributed by atoms with Crippen LogP contribution >= 0.6 is 27.7 Å². The number of carbonyl (C=O) groups excluding carboxylic acids is 2. The fraction of sp³-hybridized carbons (Fsp3) is 0.176. The lowest BCUT2D eigenvalue weighted by Gasteiger charge is -2.24. The average Bonchev–Trinajstić information content (AvgIpc) is 2.96. The van der Waals surface area contributed by atoms with Crippen molar-refractivity contribution >= 4 is 45.3 Å². The van der Waals surface area contributed by atoms with Crippen molar-refractivity contribution in [3.8, 4) is 0 Å². The predicted octanol–water partition coefficient (Wildman–Crippen LogP) is 4.01. The number of nitrogens with zero attached hydrogens (tertiary/aromatic N) is 1. The first-order valence-corrected chi connectivity index (χ1v) is 8.82. The largest absolute Gasteiger partial charge is 0.465 e. The summed E-state index contributed by atoms with van der Waals surface area (Å²) >= 11 is 5.06. The molecule has 1 atom stereocenters. The molecular weight excluding hydrogens is 378 g/mol. The molecule has 0 saturated carbocycles. The van der Waals surface area contributed by atoms with E-state index in [1.807, 2.05) is 24.3 Å². The van der Waals surface area contributed by atoms with Crippen LogP contribution in [0.15, 0.2) is 53.0 Å². The molecule has 2 aromatic carbocycles. The second-order valence-corrected chi connectivity index (χ2v) is 7.00. The Morgan fingerprint density at radius 1 is 1.26 bits per heavy atom. The zero-order valence-electron chi connectivity index (χ0n) is 12.4. The van der Waals surface area contributed by atoms with Gasteiger partial charge in [-0.2, -0.15) is 0 Å². The number of methoxy groups -OCH3 is 1. The van der Waals surface area contributed by atoms with Gasteiger partial charge in [0.1, 0.15) is 5.37 Å². The van der Waals surface area contributed by atoms with E-state index in [1.165, 1.54) is 7.11 Å². The van der Waals surface area contributed by atoms with Gasteiger partial charge < -0.3 is 4.74 Å². The zero-order chi connectivity index (χ0) is 16.4. The van der Waals surface area contributed by atoms with Crippen molar-refractivity contribution in [3.05, 3.63) is 64.1 Å². The molecule has 1 saturated heterocycles. The maximum absolute atomic E-state index is 12.3. The van der Waals surface area contributed by atoms with E-state index in [0.29, 0.717) is 11.3 Å². The van der Waals surface area contributed by atoms with E-state index in [9.17, 15) is 9.59 Å².